The summed E-state index contributed by atoms with van der Waals surface area (Å²) in [6, 6.07) is 8.21. The number of hydrogen-bond acceptors (Lipinski definition) is 2. The molecule has 18 heavy (non-hydrogen) atoms. The van der Waals surface area contributed by atoms with Crippen molar-refractivity contribution in [3.05, 3.63) is 61.9 Å². The van der Waals surface area contributed by atoms with E-state index in [0.717, 1.165) is 16.1 Å². The van der Waals surface area contributed by atoms with Crippen LogP contribution in [0.5, 0.6) is 0 Å². The van der Waals surface area contributed by atoms with E-state index < -0.39 is 0 Å². The Hall–Kier alpha value is -0.650. The molecule has 2 rings (SSSR count). The van der Waals surface area contributed by atoms with E-state index in [-0.39, 0.29) is 6.04 Å². The van der Waals surface area contributed by atoms with Gasteiger partial charge in [-0.3, -0.25) is 4.98 Å². The van der Waals surface area contributed by atoms with E-state index in [9.17, 15) is 0 Å². The van der Waals surface area contributed by atoms with Crippen LogP contribution in [0.1, 0.15) is 22.7 Å². The minimum absolute atomic E-state index is 0.114. The van der Waals surface area contributed by atoms with Gasteiger partial charge in [0.25, 0.3) is 0 Å². The Kier molecular flexibility index (Phi) is 4.59. The average Bonchev–Trinajstić information content (AvgIpc) is 2.35. The number of rotatable bonds is 3. The standard InChI is InChI=1S/C14H14ClIN2/c1-9-5-10(8-18-7-9)14(17-2)12-6-11(15)3-4-13(12)16/h3-8,14,17H,1-2H3. The molecule has 1 heterocycles. The van der Waals surface area contributed by atoms with Crippen molar-refractivity contribution in [2.45, 2.75) is 13.0 Å². The Morgan fingerprint density at radius 2 is 2.06 bits per heavy atom. The molecule has 1 aromatic heterocycles. The number of benzene rings is 1. The first-order chi connectivity index (χ1) is 8.61. The minimum atomic E-state index is 0.114. The Morgan fingerprint density at radius 1 is 1.28 bits per heavy atom. The topological polar surface area (TPSA) is 24.9 Å². The fourth-order valence-electron chi connectivity index (χ4n) is 1.97. The molecule has 0 saturated heterocycles. The van der Waals surface area contributed by atoms with Crippen molar-refractivity contribution in [2.24, 2.45) is 0 Å². The number of aromatic nitrogens is 1. The zero-order chi connectivity index (χ0) is 13.1. The predicted molar refractivity (Wildman–Crippen MR) is 84.0 cm³/mol. The van der Waals surface area contributed by atoms with E-state index in [2.05, 4.69) is 39.0 Å². The van der Waals surface area contributed by atoms with Gasteiger partial charge in [0.15, 0.2) is 0 Å². The number of nitrogens with zero attached hydrogens (tertiary/aromatic N) is 1. The van der Waals surface area contributed by atoms with Crippen LogP contribution in [-0.2, 0) is 0 Å². The first-order valence-corrected chi connectivity index (χ1v) is 7.11. The summed E-state index contributed by atoms with van der Waals surface area (Å²) in [5.74, 6) is 0. The molecule has 1 N–H and O–H groups in total. The lowest BCUT2D eigenvalue weighted by Crippen LogP contribution is -2.19. The highest BCUT2D eigenvalue weighted by Gasteiger charge is 2.15. The summed E-state index contributed by atoms with van der Waals surface area (Å²) in [5.41, 5.74) is 3.49. The van der Waals surface area contributed by atoms with Crippen LogP contribution in [0.15, 0.2) is 36.7 Å². The molecule has 1 unspecified atom stereocenters. The van der Waals surface area contributed by atoms with Crippen LogP contribution in [0.3, 0.4) is 0 Å². The summed E-state index contributed by atoms with van der Waals surface area (Å²) in [4.78, 5) is 4.26. The van der Waals surface area contributed by atoms with Crippen LogP contribution in [0, 0.1) is 10.5 Å². The molecule has 2 nitrogen and oxygen atoms in total. The van der Waals surface area contributed by atoms with Gasteiger partial charge in [-0.15, -0.1) is 0 Å². The second-order valence-electron chi connectivity index (χ2n) is 4.18. The molecule has 0 fully saturated rings. The van der Waals surface area contributed by atoms with Crippen LogP contribution < -0.4 is 5.32 Å². The Bertz CT molecular complexity index is 557. The molecule has 0 amide bonds. The highest BCUT2D eigenvalue weighted by atomic mass is 127. The van der Waals surface area contributed by atoms with Crippen molar-refractivity contribution in [3.8, 4) is 0 Å². The fourth-order valence-corrected chi connectivity index (χ4v) is 2.80. The first-order valence-electron chi connectivity index (χ1n) is 5.65. The van der Waals surface area contributed by atoms with Gasteiger partial charge in [-0.25, -0.2) is 0 Å². The lowest BCUT2D eigenvalue weighted by molar-refractivity contribution is 0.685. The summed E-state index contributed by atoms with van der Waals surface area (Å²) in [6.07, 6.45) is 3.75. The molecule has 2 aromatic rings. The van der Waals surface area contributed by atoms with E-state index in [0.29, 0.717) is 0 Å². The van der Waals surface area contributed by atoms with Gasteiger partial charge in [0.05, 0.1) is 6.04 Å². The lowest BCUT2D eigenvalue weighted by Gasteiger charge is -2.19. The van der Waals surface area contributed by atoms with Crippen LogP contribution >= 0.6 is 34.2 Å². The Balaban J connectivity index is 2.48. The van der Waals surface area contributed by atoms with E-state index in [1.54, 1.807) is 0 Å². The van der Waals surface area contributed by atoms with E-state index >= 15 is 0 Å². The summed E-state index contributed by atoms with van der Waals surface area (Å²) in [5, 5.41) is 4.08. The first kappa shape index (κ1) is 13.8. The molecule has 0 aliphatic rings. The SMILES string of the molecule is CNC(c1cncc(C)c1)c1cc(Cl)ccc1I. The van der Waals surface area contributed by atoms with Gasteiger partial charge in [-0.2, -0.15) is 0 Å². The fraction of sp³-hybridized carbons (Fsp3) is 0.214. The van der Waals surface area contributed by atoms with Crippen molar-refractivity contribution < 1.29 is 0 Å². The zero-order valence-electron chi connectivity index (χ0n) is 10.2. The Morgan fingerprint density at radius 3 is 2.72 bits per heavy atom. The van der Waals surface area contributed by atoms with Gasteiger partial charge in [0.1, 0.15) is 0 Å². The Labute approximate surface area is 126 Å². The van der Waals surface area contributed by atoms with Gasteiger partial charge >= 0.3 is 0 Å². The highest BCUT2D eigenvalue weighted by Crippen LogP contribution is 2.28. The van der Waals surface area contributed by atoms with Crippen molar-refractivity contribution >= 4 is 34.2 Å². The third kappa shape index (κ3) is 3.02. The number of pyridine rings is 1. The quantitative estimate of drug-likeness (QED) is 0.825. The summed E-state index contributed by atoms with van der Waals surface area (Å²) in [7, 11) is 1.95. The number of halogens is 2. The molecule has 0 spiro atoms. The number of aryl methyl sites for hydroxylation is 1. The van der Waals surface area contributed by atoms with E-state index in [1.165, 1.54) is 9.13 Å². The monoisotopic (exact) mass is 372 g/mol. The van der Waals surface area contributed by atoms with Crippen LogP contribution in [0.25, 0.3) is 0 Å². The molecule has 0 bridgehead atoms. The maximum absolute atomic E-state index is 6.09. The van der Waals surface area contributed by atoms with Crippen molar-refractivity contribution in [1.82, 2.24) is 10.3 Å². The molecule has 0 radical (unpaired) electrons. The molecular weight excluding hydrogens is 359 g/mol. The van der Waals surface area contributed by atoms with Gasteiger partial charge in [-0.1, -0.05) is 17.7 Å². The van der Waals surface area contributed by atoms with Gasteiger partial charge in [0, 0.05) is 21.0 Å². The van der Waals surface area contributed by atoms with Gasteiger partial charge in [-0.05, 0) is 71.5 Å². The van der Waals surface area contributed by atoms with Gasteiger partial charge in [0.2, 0.25) is 0 Å². The molecule has 94 valence electrons. The van der Waals surface area contributed by atoms with Crippen molar-refractivity contribution in [1.29, 1.82) is 0 Å². The van der Waals surface area contributed by atoms with Gasteiger partial charge < -0.3 is 5.32 Å². The van der Waals surface area contributed by atoms with Crippen molar-refractivity contribution in [3.63, 3.8) is 0 Å². The van der Waals surface area contributed by atoms with Crippen LogP contribution in [-0.4, -0.2) is 12.0 Å². The largest absolute Gasteiger partial charge is 0.309 e. The zero-order valence-corrected chi connectivity index (χ0v) is 13.2. The van der Waals surface area contributed by atoms with E-state index in [4.69, 9.17) is 11.6 Å². The maximum atomic E-state index is 6.09. The third-order valence-electron chi connectivity index (χ3n) is 2.79. The van der Waals surface area contributed by atoms with Crippen LogP contribution in [0.2, 0.25) is 5.02 Å². The second kappa shape index (κ2) is 5.99. The minimum Gasteiger partial charge on any atom is -0.309 e. The summed E-state index contributed by atoms with van der Waals surface area (Å²) < 4.78 is 1.19. The molecule has 1 atom stereocenters. The molecule has 0 saturated carbocycles. The molecular formula is C14H14ClIN2. The maximum Gasteiger partial charge on any atom is 0.0600 e. The molecule has 1 aromatic carbocycles. The number of hydrogen-bond donors (Lipinski definition) is 1. The summed E-state index contributed by atoms with van der Waals surface area (Å²) >= 11 is 8.42. The summed E-state index contributed by atoms with van der Waals surface area (Å²) in [6.45, 7) is 2.05. The highest BCUT2D eigenvalue weighted by molar-refractivity contribution is 14.1. The molecule has 4 heteroatoms. The van der Waals surface area contributed by atoms with E-state index in [1.807, 2.05) is 44.6 Å². The van der Waals surface area contributed by atoms with Crippen LogP contribution in [0.4, 0.5) is 0 Å². The third-order valence-corrected chi connectivity index (χ3v) is 4.00. The molecule has 0 aliphatic carbocycles. The molecule has 0 aliphatic heterocycles. The smallest absolute Gasteiger partial charge is 0.0600 e. The lowest BCUT2D eigenvalue weighted by atomic mass is 9.99. The number of nitrogens with one attached hydrogen (secondary N) is 1. The predicted octanol–water partition coefficient (Wildman–Crippen LogP) is 3.96. The average molecular weight is 373 g/mol. The van der Waals surface area contributed by atoms with Crippen molar-refractivity contribution in [2.75, 3.05) is 7.05 Å². The normalized spacial score (nSPS) is 12.4. The second-order valence-corrected chi connectivity index (χ2v) is 5.78.